The first kappa shape index (κ1) is 26.6. The number of likely N-dealkylation sites (N-methyl/N-ethyl adjacent to an activating group) is 1. The maximum Gasteiger partial charge on any atom is 0.251 e. The molecule has 3 aliphatic rings. The largest absolute Gasteiger partial charge is 0.369 e. The highest BCUT2D eigenvalue weighted by Crippen LogP contribution is 2.36. The number of likely N-dealkylation sites (tertiary alicyclic amines) is 1. The van der Waals surface area contributed by atoms with E-state index in [1.807, 2.05) is 45.0 Å². The van der Waals surface area contributed by atoms with E-state index in [0.717, 1.165) is 44.8 Å². The molecule has 1 aromatic carbocycles. The van der Waals surface area contributed by atoms with E-state index < -0.39 is 17.5 Å². The summed E-state index contributed by atoms with van der Waals surface area (Å²) in [7, 11) is 0. The fourth-order valence-electron chi connectivity index (χ4n) is 5.66. The summed E-state index contributed by atoms with van der Waals surface area (Å²) in [6.07, 6.45) is 1.31. The Labute approximate surface area is 215 Å². The van der Waals surface area contributed by atoms with Crippen molar-refractivity contribution in [2.75, 3.05) is 50.8 Å². The number of hydrogen-bond acceptors (Lipinski definition) is 6. The van der Waals surface area contributed by atoms with Crippen LogP contribution in [-0.4, -0.2) is 91.5 Å². The Morgan fingerprint density at radius 2 is 1.75 bits per heavy atom. The van der Waals surface area contributed by atoms with Crippen molar-refractivity contribution in [1.82, 2.24) is 15.1 Å². The topological polar surface area (TPSA) is 82.2 Å². The predicted octanol–water partition coefficient (Wildman–Crippen LogP) is 2.57. The lowest BCUT2D eigenvalue weighted by Gasteiger charge is -2.37. The number of amides is 2. The molecule has 0 bridgehead atoms. The second-order valence-corrected chi connectivity index (χ2v) is 11.1. The van der Waals surface area contributed by atoms with Crippen LogP contribution in [0.25, 0.3) is 0 Å². The highest BCUT2D eigenvalue weighted by atomic mass is 16.5. The van der Waals surface area contributed by atoms with Crippen LogP contribution in [0.4, 0.5) is 5.69 Å². The lowest BCUT2D eigenvalue weighted by Crippen LogP contribution is -2.57. The van der Waals surface area contributed by atoms with Crippen molar-refractivity contribution in [3.8, 4) is 0 Å². The summed E-state index contributed by atoms with van der Waals surface area (Å²) >= 11 is 0. The number of anilines is 1. The summed E-state index contributed by atoms with van der Waals surface area (Å²) in [5, 5.41) is 3.04. The minimum Gasteiger partial charge on any atom is -0.369 e. The molecule has 2 amide bonds. The van der Waals surface area contributed by atoms with Crippen molar-refractivity contribution in [3.63, 3.8) is 0 Å². The van der Waals surface area contributed by atoms with Gasteiger partial charge in [-0.25, -0.2) is 0 Å². The number of benzene rings is 1. The first-order valence-corrected chi connectivity index (χ1v) is 13.5. The standard InChI is InChI=1S/C28H42N4O4/c1-6-19-17-32(23-22(33)18-36-24(19)23)27(35)25(28(4,5)7-2)29-26(34)20-9-11-21(12-10-20)31-15-13-30(8-3)14-16-31/h9-12,19,23-25H,6-8,13-18H2,1-5H3,(H,29,34)/t19-,23+,24+,25+/m0/s1. The first-order valence-electron chi connectivity index (χ1n) is 13.5. The molecule has 1 aromatic rings. The third kappa shape index (κ3) is 5.16. The Morgan fingerprint density at radius 3 is 2.33 bits per heavy atom. The number of fused-ring (bicyclic) bond motifs is 1. The van der Waals surface area contributed by atoms with Gasteiger partial charge in [0, 0.05) is 49.9 Å². The van der Waals surface area contributed by atoms with Gasteiger partial charge in [-0.1, -0.05) is 34.6 Å². The summed E-state index contributed by atoms with van der Waals surface area (Å²) in [4.78, 5) is 46.3. The number of hydrogen-bond donors (Lipinski definition) is 1. The maximum absolute atomic E-state index is 13.9. The van der Waals surface area contributed by atoms with Gasteiger partial charge in [0.25, 0.3) is 5.91 Å². The number of rotatable bonds is 8. The van der Waals surface area contributed by atoms with Crippen molar-refractivity contribution >= 4 is 23.3 Å². The maximum atomic E-state index is 13.9. The quantitative estimate of drug-likeness (QED) is 0.593. The average molecular weight is 499 g/mol. The molecule has 36 heavy (non-hydrogen) atoms. The lowest BCUT2D eigenvalue weighted by molar-refractivity contribution is -0.140. The van der Waals surface area contributed by atoms with Crippen molar-refractivity contribution in [2.24, 2.45) is 11.3 Å². The minimum absolute atomic E-state index is 0.0426. The molecular weight excluding hydrogens is 456 g/mol. The van der Waals surface area contributed by atoms with Gasteiger partial charge in [0.15, 0.2) is 5.78 Å². The molecule has 0 radical (unpaired) electrons. The molecule has 0 spiro atoms. The number of carbonyl (C=O) groups excluding carboxylic acids is 3. The van der Waals surface area contributed by atoms with Crippen LogP contribution in [0.15, 0.2) is 24.3 Å². The van der Waals surface area contributed by atoms with Crippen molar-refractivity contribution in [3.05, 3.63) is 29.8 Å². The van der Waals surface area contributed by atoms with Gasteiger partial charge in [-0.2, -0.15) is 0 Å². The van der Waals surface area contributed by atoms with Crippen LogP contribution in [0.1, 0.15) is 57.8 Å². The number of ether oxygens (including phenoxy) is 1. The average Bonchev–Trinajstić information content (AvgIpc) is 3.47. The van der Waals surface area contributed by atoms with Gasteiger partial charge >= 0.3 is 0 Å². The lowest BCUT2D eigenvalue weighted by atomic mass is 9.80. The Bertz CT molecular complexity index is 955. The zero-order valence-corrected chi connectivity index (χ0v) is 22.5. The van der Waals surface area contributed by atoms with Crippen LogP contribution in [0.5, 0.6) is 0 Å². The highest BCUT2D eigenvalue weighted by Gasteiger charge is 2.53. The van der Waals surface area contributed by atoms with Gasteiger partial charge in [-0.3, -0.25) is 14.4 Å². The fourth-order valence-corrected chi connectivity index (χ4v) is 5.66. The van der Waals surface area contributed by atoms with Gasteiger partial charge in [0.05, 0.1) is 6.10 Å². The summed E-state index contributed by atoms with van der Waals surface area (Å²) in [6, 6.07) is 6.38. The van der Waals surface area contributed by atoms with Crippen molar-refractivity contribution < 1.29 is 19.1 Å². The van der Waals surface area contributed by atoms with E-state index >= 15 is 0 Å². The minimum atomic E-state index is -0.735. The summed E-state index contributed by atoms with van der Waals surface area (Å²) in [5.41, 5.74) is 1.16. The first-order chi connectivity index (χ1) is 17.2. The summed E-state index contributed by atoms with van der Waals surface area (Å²) < 4.78 is 5.75. The van der Waals surface area contributed by atoms with Crippen LogP contribution < -0.4 is 10.2 Å². The molecule has 8 heteroatoms. The Kier molecular flexibility index (Phi) is 8.05. The third-order valence-electron chi connectivity index (χ3n) is 8.63. The fraction of sp³-hybridized carbons (Fsp3) is 0.679. The smallest absolute Gasteiger partial charge is 0.251 e. The van der Waals surface area contributed by atoms with Gasteiger partial charge < -0.3 is 24.8 Å². The Morgan fingerprint density at radius 1 is 1.08 bits per heavy atom. The molecule has 1 N–H and O–H groups in total. The van der Waals surface area contributed by atoms with Gasteiger partial charge in [0.1, 0.15) is 18.7 Å². The van der Waals surface area contributed by atoms with E-state index in [4.69, 9.17) is 4.74 Å². The molecule has 3 saturated heterocycles. The normalized spacial score (nSPS) is 25.7. The number of nitrogens with one attached hydrogen (secondary N) is 1. The van der Waals surface area contributed by atoms with Crippen LogP contribution >= 0.6 is 0 Å². The van der Waals surface area contributed by atoms with Crippen LogP contribution in [0.3, 0.4) is 0 Å². The van der Waals surface area contributed by atoms with E-state index in [9.17, 15) is 14.4 Å². The van der Waals surface area contributed by atoms with Crippen LogP contribution in [0.2, 0.25) is 0 Å². The molecule has 3 fully saturated rings. The number of carbonyl (C=O) groups is 3. The molecule has 0 unspecified atom stereocenters. The molecule has 4 atom stereocenters. The molecule has 8 nitrogen and oxygen atoms in total. The number of nitrogens with zero attached hydrogens (tertiary/aromatic N) is 3. The molecule has 0 aliphatic carbocycles. The van der Waals surface area contributed by atoms with Crippen LogP contribution in [-0.2, 0) is 14.3 Å². The SMILES string of the molecule is CC[C@H]1CN(C(=O)[C@@H](NC(=O)c2ccc(N3CCN(CC)CC3)cc2)C(C)(C)CC)[C@@H]2C(=O)CO[C@H]12. The van der Waals surface area contributed by atoms with Gasteiger partial charge in [-0.05, 0) is 49.1 Å². The Hall–Kier alpha value is -2.45. The van der Waals surface area contributed by atoms with Gasteiger partial charge in [0.2, 0.25) is 5.91 Å². The molecule has 0 aromatic heterocycles. The van der Waals surface area contributed by atoms with E-state index in [0.29, 0.717) is 18.5 Å². The second-order valence-electron chi connectivity index (χ2n) is 11.1. The number of ketones is 1. The zero-order chi connectivity index (χ0) is 26.0. The molecular formula is C28H42N4O4. The number of Topliss-reactive ketones (excluding diaryl/α,β-unsaturated/α-hetero) is 1. The number of piperazine rings is 1. The molecule has 0 saturated carbocycles. The molecule has 198 valence electrons. The van der Waals surface area contributed by atoms with E-state index in [1.54, 1.807) is 4.90 Å². The van der Waals surface area contributed by atoms with E-state index in [1.165, 1.54) is 0 Å². The van der Waals surface area contributed by atoms with Crippen molar-refractivity contribution in [1.29, 1.82) is 0 Å². The van der Waals surface area contributed by atoms with E-state index in [-0.39, 0.29) is 36.2 Å². The molecule has 4 rings (SSSR count). The zero-order valence-electron chi connectivity index (χ0n) is 22.5. The van der Waals surface area contributed by atoms with E-state index in [2.05, 4.69) is 29.0 Å². The van der Waals surface area contributed by atoms with Crippen molar-refractivity contribution in [2.45, 2.75) is 65.6 Å². The second kappa shape index (κ2) is 10.9. The monoisotopic (exact) mass is 498 g/mol. The van der Waals surface area contributed by atoms with Crippen LogP contribution in [0, 0.1) is 11.3 Å². The summed E-state index contributed by atoms with van der Waals surface area (Å²) in [5.74, 6) is -0.364. The summed E-state index contributed by atoms with van der Waals surface area (Å²) in [6.45, 7) is 15.9. The molecule has 3 aliphatic heterocycles. The molecule has 3 heterocycles. The third-order valence-corrected chi connectivity index (χ3v) is 8.63. The Balaban J connectivity index is 1.48. The van der Waals surface area contributed by atoms with Gasteiger partial charge in [-0.15, -0.1) is 0 Å². The predicted molar refractivity (Wildman–Crippen MR) is 140 cm³/mol. The highest BCUT2D eigenvalue weighted by molar-refractivity contribution is 5.99.